The summed E-state index contributed by atoms with van der Waals surface area (Å²) in [4.78, 5) is 33.1. The summed E-state index contributed by atoms with van der Waals surface area (Å²) in [6, 6.07) is 10.00. The SMILES string of the molecule is CCN1C(=O)/C(=C/c2ccc[nH]2)SC1=Nc1ccc(C(=O)O)cc1. The van der Waals surface area contributed by atoms with Crippen molar-refractivity contribution in [2.75, 3.05) is 6.54 Å². The van der Waals surface area contributed by atoms with Gasteiger partial charge in [0.15, 0.2) is 5.17 Å². The standard InChI is InChI=1S/C17H15N3O3S/c1-2-20-15(21)14(10-13-4-3-9-18-13)24-17(20)19-12-7-5-11(6-8-12)16(22)23/h3-10,18H,2H2,1H3,(H,22,23)/b14-10-,19-17?. The Bertz CT molecular complexity index is 823. The van der Waals surface area contributed by atoms with Gasteiger partial charge >= 0.3 is 5.97 Å². The third-order valence-corrected chi connectivity index (χ3v) is 4.46. The molecule has 7 heteroatoms. The lowest BCUT2D eigenvalue weighted by molar-refractivity contribution is -0.122. The number of aromatic carboxylic acids is 1. The Balaban J connectivity index is 1.89. The van der Waals surface area contributed by atoms with E-state index in [4.69, 9.17) is 5.11 Å². The Kier molecular flexibility index (Phi) is 4.52. The van der Waals surface area contributed by atoms with E-state index in [2.05, 4.69) is 9.98 Å². The minimum absolute atomic E-state index is 0.0852. The third-order valence-electron chi connectivity index (χ3n) is 3.45. The highest BCUT2D eigenvalue weighted by atomic mass is 32.2. The second-order valence-corrected chi connectivity index (χ2v) is 6.04. The molecule has 1 fully saturated rings. The van der Waals surface area contributed by atoms with Crippen molar-refractivity contribution in [3.63, 3.8) is 0 Å². The van der Waals surface area contributed by atoms with E-state index < -0.39 is 5.97 Å². The Morgan fingerprint density at radius 3 is 2.67 bits per heavy atom. The highest BCUT2D eigenvalue weighted by Crippen LogP contribution is 2.33. The van der Waals surface area contributed by atoms with Crippen LogP contribution in [0.15, 0.2) is 52.5 Å². The maximum absolute atomic E-state index is 12.5. The number of amides is 1. The number of carboxylic acid groups (broad SMARTS) is 1. The lowest BCUT2D eigenvalue weighted by atomic mass is 10.2. The number of aliphatic imine (C=N–C) groups is 1. The molecule has 6 nitrogen and oxygen atoms in total. The summed E-state index contributed by atoms with van der Waals surface area (Å²) >= 11 is 1.31. The summed E-state index contributed by atoms with van der Waals surface area (Å²) < 4.78 is 0. The van der Waals surface area contributed by atoms with Gasteiger partial charge in [0.05, 0.1) is 16.2 Å². The van der Waals surface area contributed by atoms with Crippen molar-refractivity contribution in [1.82, 2.24) is 9.88 Å². The second kappa shape index (κ2) is 6.76. The second-order valence-electron chi connectivity index (χ2n) is 5.03. The van der Waals surface area contributed by atoms with Crippen LogP contribution in [-0.2, 0) is 4.79 Å². The molecule has 0 saturated carbocycles. The molecular weight excluding hydrogens is 326 g/mol. The molecule has 1 aliphatic rings. The van der Waals surface area contributed by atoms with Gasteiger partial charge in [0, 0.05) is 18.4 Å². The fraction of sp³-hybridized carbons (Fsp3) is 0.118. The fourth-order valence-electron chi connectivity index (χ4n) is 2.23. The summed E-state index contributed by atoms with van der Waals surface area (Å²) in [5.41, 5.74) is 1.66. The van der Waals surface area contributed by atoms with Gasteiger partial charge in [0.25, 0.3) is 5.91 Å². The molecule has 0 atom stereocenters. The van der Waals surface area contributed by atoms with Crippen molar-refractivity contribution < 1.29 is 14.7 Å². The minimum Gasteiger partial charge on any atom is -0.478 e. The molecule has 2 heterocycles. The first-order valence-corrected chi connectivity index (χ1v) is 8.17. The number of rotatable bonds is 4. The zero-order valence-corrected chi connectivity index (χ0v) is 13.7. The number of aromatic nitrogens is 1. The zero-order valence-electron chi connectivity index (χ0n) is 12.9. The quantitative estimate of drug-likeness (QED) is 0.835. The van der Waals surface area contributed by atoms with Crippen LogP contribution in [0.1, 0.15) is 23.0 Å². The number of carboxylic acids is 1. The molecule has 0 spiro atoms. The van der Waals surface area contributed by atoms with Crippen LogP contribution in [0.25, 0.3) is 6.08 Å². The number of carbonyl (C=O) groups excluding carboxylic acids is 1. The molecule has 0 bridgehead atoms. The van der Waals surface area contributed by atoms with Gasteiger partial charge in [-0.15, -0.1) is 0 Å². The van der Waals surface area contributed by atoms with E-state index in [9.17, 15) is 9.59 Å². The normalized spacial score (nSPS) is 17.9. The van der Waals surface area contributed by atoms with Crippen molar-refractivity contribution >= 4 is 40.6 Å². The highest BCUT2D eigenvalue weighted by Gasteiger charge is 2.32. The topological polar surface area (TPSA) is 85.8 Å². The lowest BCUT2D eigenvalue weighted by Gasteiger charge is -2.11. The largest absolute Gasteiger partial charge is 0.478 e. The van der Waals surface area contributed by atoms with E-state index in [1.165, 1.54) is 23.9 Å². The zero-order chi connectivity index (χ0) is 17.1. The molecule has 0 radical (unpaired) electrons. The maximum atomic E-state index is 12.5. The Morgan fingerprint density at radius 2 is 2.08 bits per heavy atom. The number of carbonyl (C=O) groups is 2. The van der Waals surface area contributed by atoms with Crippen LogP contribution < -0.4 is 0 Å². The van der Waals surface area contributed by atoms with Crippen LogP contribution in [0.5, 0.6) is 0 Å². The van der Waals surface area contributed by atoms with Crippen molar-refractivity contribution in [2.24, 2.45) is 4.99 Å². The van der Waals surface area contributed by atoms with Crippen LogP contribution >= 0.6 is 11.8 Å². The number of nitrogens with one attached hydrogen (secondary N) is 1. The van der Waals surface area contributed by atoms with E-state index in [0.717, 1.165) is 5.69 Å². The van der Waals surface area contributed by atoms with Gasteiger partial charge in [0.2, 0.25) is 0 Å². The summed E-state index contributed by atoms with van der Waals surface area (Å²) in [5.74, 6) is -1.07. The first-order valence-electron chi connectivity index (χ1n) is 7.35. The Labute approximate surface area is 142 Å². The molecule has 24 heavy (non-hydrogen) atoms. The van der Waals surface area contributed by atoms with Gasteiger partial charge in [-0.3, -0.25) is 9.69 Å². The van der Waals surface area contributed by atoms with Crippen molar-refractivity contribution in [3.05, 3.63) is 58.8 Å². The molecule has 1 saturated heterocycles. The Hall–Kier alpha value is -2.80. The molecule has 1 aromatic heterocycles. The summed E-state index contributed by atoms with van der Waals surface area (Å²) in [6.07, 6.45) is 3.60. The maximum Gasteiger partial charge on any atom is 0.335 e. The van der Waals surface area contributed by atoms with E-state index in [1.807, 2.05) is 19.1 Å². The molecule has 0 aliphatic carbocycles. The number of nitrogens with zero attached hydrogens (tertiary/aromatic N) is 2. The lowest BCUT2D eigenvalue weighted by Crippen LogP contribution is -2.28. The van der Waals surface area contributed by atoms with Gasteiger partial charge in [-0.25, -0.2) is 9.79 Å². The first-order chi connectivity index (χ1) is 11.6. The van der Waals surface area contributed by atoms with Crippen molar-refractivity contribution in [3.8, 4) is 0 Å². The first kappa shape index (κ1) is 16.1. The van der Waals surface area contributed by atoms with Crippen LogP contribution in [0, 0.1) is 0 Å². The molecule has 3 rings (SSSR count). The summed E-state index contributed by atoms with van der Waals surface area (Å²) in [6.45, 7) is 2.40. The molecule has 2 N–H and O–H groups in total. The molecule has 1 amide bonds. The molecule has 1 aromatic carbocycles. The van der Waals surface area contributed by atoms with E-state index in [-0.39, 0.29) is 11.5 Å². The predicted molar refractivity (Wildman–Crippen MR) is 94.2 cm³/mol. The van der Waals surface area contributed by atoms with Crippen LogP contribution in [0.3, 0.4) is 0 Å². The van der Waals surface area contributed by atoms with Crippen molar-refractivity contribution in [1.29, 1.82) is 0 Å². The Morgan fingerprint density at radius 1 is 1.33 bits per heavy atom. The van der Waals surface area contributed by atoms with Gasteiger partial charge in [-0.2, -0.15) is 0 Å². The molecule has 2 aromatic rings. The number of aromatic amines is 1. The molecule has 122 valence electrons. The van der Waals surface area contributed by atoms with Crippen LogP contribution in [-0.4, -0.2) is 38.6 Å². The van der Waals surface area contributed by atoms with Gasteiger partial charge in [-0.1, -0.05) is 0 Å². The van der Waals surface area contributed by atoms with E-state index in [0.29, 0.717) is 22.3 Å². The highest BCUT2D eigenvalue weighted by molar-refractivity contribution is 8.18. The average molecular weight is 341 g/mol. The van der Waals surface area contributed by atoms with E-state index in [1.54, 1.807) is 29.3 Å². The molecule has 0 unspecified atom stereocenters. The third kappa shape index (κ3) is 3.26. The van der Waals surface area contributed by atoms with Crippen LogP contribution in [0.2, 0.25) is 0 Å². The average Bonchev–Trinajstić information content (AvgIpc) is 3.17. The number of amidine groups is 1. The molecule has 1 aliphatic heterocycles. The number of likely N-dealkylation sites (N-methyl/N-ethyl adjacent to an activating group) is 1. The number of hydrogen-bond acceptors (Lipinski definition) is 4. The molecular formula is C17H15N3O3S. The van der Waals surface area contributed by atoms with Crippen molar-refractivity contribution in [2.45, 2.75) is 6.92 Å². The number of H-pyrrole nitrogens is 1. The van der Waals surface area contributed by atoms with Gasteiger partial charge in [0.1, 0.15) is 0 Å². The van der Waals surface area contributed by atoms with Crippen LogP contribution in [0.4, 0.5) is 5.69 Å². The number of thioether (sulfide) groups is 1. The monoisotopic (exact) mass is 341 g/mol. The minimum atomic E-state index is -0.981. The smallest absolute Gasteiger partial charge is 0.335 e. The summed E-state index contributed by atoms with van der Waals surface area (Å²) in [7, 11) is 0. The predicted octanol–water partition coefficient (Wildman–Crippen LogP) is 3.34. The fourth-order valence-corrected chi connectivity index (χ4v) is 3.29. The summed E-state index contributed by atoms with van der Waals surface area (Å²) in [5, 5.41) is 9.52. The van der Waals surface area contributed by atoms with E-state index >= 15 is 0 Å². The van der Waals surface area contributed by atoms with Gasteiger partial charge < -0.3 is 10.1 Å². The number of hydrogen-bond donors (Lipinski definition) is 2. The van der Waals surface area contributed by atoms with Gasteiger partial charge in [-0.05, 0) is 61.2 Å². The number of benzene rings is 1.